The minimum Gasteiger partial charge on any atom is -0.274 e. The van der Waals surface area contributed by atoms with Gasteiger partial charge in [0.2, 0.25) is 0 Å². The normalized spacial score (nSPS) is 14.8. The number of nitrogens with zero attached hydrogens (tertiary/aromatic N) is 2. The largest absolute Gasteiger partial charge is 0.274 e. The standard InChI is InChI=1S/C34H36I2N2O4S2/c1-3-5-7-9-11-13-15-37-31(39)23-19-17-21(35)44-30(19)28-26-24(20-18-22(36)43-29(20)27(25(23)26)33(37)41)32(40)38(34(28)42)16-14-12-10-8-6-4-2/h17-18H,3-16H2,1-2H3. The zero-order chi connectivity index (χ0) is 31.1. The summed E-state index contributed by atoms with van der Waals surface area (Å²) >= 11 is 7.45. The van der Waals surface area contributed by atoms with Gasteiger partial charge in [-0.25, -0.2) is 0 Å². The first kappa shape index (κ1) is 32.3. The van der Waals surface area contributed by atoms with Crippen molar-refractivity contribution in [3.8, 4) is 0 Å². The topological polar surface area (TPSA) is 74.8 Å². The van der Waals surface area contributed by atoms with E-state index < -0.39 is 0 Å². The molecule has 0 saturated carbocycles. The zero-order valence-corrected chi connectivity index (χ0v) is 31.1. The van der Waals surface area contributed by atoms with Crippen LogP contribution < -0.4 is 0 Å². The summed E-state index contributed by atoms with van der Waals surface area (Å²) in [6, 6.07) is 3.94. The van der Waals surface area contributed by atoms with Crippen LogP contribution in [0, 0.1) is 5.77 Å². The minimum absolute atomic E-state index is 0.310. The second-order valence-electron chi connectivity index (χ2n) is 11.9. The van der Waals surface area contributed by atoms with Gasteiger partial charge in [-0.3, -0.25) is 29.0 Å². The summed E-state index contributed by atoms with van der Waals surface area (Å²) in [7, 11) is 0. The molecule has 0 radical (unpaired) electrons. The molecule has 6 nitrogen and oxygen atoms in total. The maximum atomic E-state index is 14.3. The van der Waals surface area contributed by atoms with Gasteiger partial charge in [0.1, 0.15) is 0 Å². The predicted molar refractivity (Wildman–Crippen MR) is 198 cm³/mol. The van der Waals surface area contributed by atoms with Crippen LogP contribution in [0.1, 0.15) is 132 Å². The fraction of sp³-hybridized carbons (Fsp3) is 0.471. The number of benzene rings is 2. The van der Waals surface area contributed by atoms with Crippen LogP contribution in [0.4, 0.5) is 0 Å². The molecular formula is C34H36I2N2O4S2. The molecule has 0 spiro atoms. The smallest absolute Gasteiger partial charge is 0.262 e. The van der Waals surface area contributed by atoms with Gasteiger partial charge in [-0.1, -0.05) is 78.1 Å². The van der Waals surface area contributed by atoms with Crippen molar-refractivity contribution < 1.29 is 19.2 Å². The number of hydrogen-bond donors (Lipinski definition) is 0. The molecule has 0 fully saturated rings. The highest BCUT2D eigenvalue weighted by Gasteiger charge is 2.44. The fourth-order valence-corrected chi connectivity index (χ4v) is 10.6. The third-order valence-corrected chi connectivity index (χ3v) is 12.8. The molecule has 2 aliphatic heterocycles. The first-order valence-electron chi connectivity index (χ1n) is 15.9. The van der Waals surface area contributed by atoms with E-state index >= 15 is 0 Å². The quantitative estimate of drug-likeness (QED) is 0.0719. The highest BCUT2D eigenvalue weighted by Crippen LogP contribution is 2.50. The van der Waals surface area contributed by atoms with Crippen LogP contribution in [-0.4, -0.2) is 46.5 Å². The number of halogens is 2. The Morgan fingerprint density at radius 3 is 1.25 bits per heavy atom. The third-order valence-electron chi connectivity index (χ3n) is 8.95. The Kier molecular flexibility index (Phi) is 9.99. The van der Waals surface area contributed by atoms with E-state index in [9.17, 15) is 19.2 Å². The number of unbranched alkanes of at least 4 members (excludes halogenated alkanes) is 10. The van der Waals surface area contributed by atoms with Crippen molar-refractivity contribution in [2.24, 2.45) is 0 Å². The van der Waals surface area contributed by atoms with Crippen molar-refractivity contribution in [1.82, 2.24) is 9.80 Å². The number of fused-ring (bicyclic) bond motifs is 6. The third kappa shape index (κ3) is 5.53. The van der Waals surface area contributed by atoms with E-state index in [1.165, 1.54) is 58.2 Å². The van der Waals surface area contributed by atoms with E-state index in [0.717, 1.165) is 66.5 Å². The molecule has 2 aromatic heterocycles. The van der Waals surface area contributed by atoms with Crippen LogP contribution in [-0.2, 0) is 0 Å². The number of amides is 4. The van der Waals surface area contributed by atoms with E-state index in [4.69, 9.17) is 0 Å². The molecule has 0 N–H and O–H groups in total. The van der Waals surface area contributed by atoms with Crippen LogP contribution in [0.3, 0.4) is 0 Å². The van der Waals surface area contributed by atoms with Crippen LogP contribution in [0.15, 0.2) is 12.1 Å². The molecule has 232 valence electrons. The van der Waals surface area contributed by atoms with Gasteiger partial charge in [-0.15, -0.1) is 22.7 Å². The van der Waals surface area contributed by atoms with Gasteiger partial charge < -0.3 is 0 Å². The maximum Gasteiger partial charge on any atom is 0.262 e. The lowest BCUT2D eigenvalue weighted by molar-refractivity contribution is 0.0590. The van der Waals surface area contributed by atoms with Crippen molar-refractivity contribution in [2.45, 2.75) is 90.9 Å². The zero-order valence-electron chi connectivity index (χ0n) is 25.2. The summed E-state index contributed by atoms with van der Waals surface area (Å²) in [4.78, 5) is 60.0. The lowest BCUT2D eigenvalue weighted by atomic mass is 9.82. The molecule has 4 aromatic rings. The van der Waals surface area contributed by atoms with Gasteiger partial charge in [0, 0.05) is 44.0 Å². The Labute approximate surface area is 293 Å². The van der Waals surface area contributed by atoms with Gasteiger partial charge in [0.15, 0.2) is 0 Å². The minimum atomic E-state index is -0.312. The van der Waals surface area contributed by atoms with E-state index in [-0.39, 0.29) is 23.6 Å². The Morgan fingerprint density at radius 1 is 0.523 bits per heavy atom. The monoisotopic (exact) mass is 854 g/mol. The molecule has 6 rings (SSSR count). The summed E-state index contributed by atoms with van der Waals surface area (Å²) in [5, 5.41) is 2.43. The lowest BCUT2D eigenvalue weighted by Gasteiger charge is -2.33. The van der Waals surface area contributed by atoms with Crippen molar-refractivity contribution in [3.63, 3.8) is 0 Å². The van der Waals surface area contributed by atoms with Crippen LogP contribution in [0.2, 0.25) is 0 Å². The Bertz CT molecular complexity index is 1590. The molecule has 10 heteroatoms. The van der Waals surface area contributed by atoms with Crippen molar-refractivity contribution in [3.05, 3.63) is 40.2 Å². The molecule has 0 bridgehead atoms. The molecule has 4 amide bonds. The number of carbonyl (C=O) groups is 4. The molecule has 0 atom stereocenters. The first-order valence-corrected chi connectivity index (χ1v) is 19.6. The van der Waals surface area contributed by atoms with E-state index in [1.54, 1.807) is 0 Å². The SMILES string of the molecule is CCCCCCCCN1C(=O)c2c3cc(I)sc3c3c4c(c5cc(I)sc5c(c24)C1=O)C(=O)N(CCCCCCCC)C3=O. The van der Waals surface area contributed by atoms with E-state index in [1.807, 2.05) is 12.1 Å². The average molecular weight is 855 g/mol. The van der Waals surface area contributed by atoms with Crippen molar-refractivity contribution >= 4 is 122 Å². The summed E-state index contributed by atoms with van der Waals surface area (Å²) < 4.78 is 3.39. The number of rotatable bonds is 14. The van der Waals surface area contributed by atoms with Gasteiger partial charge in [0.05, 0.1) is 28.0 Å². The Balaban J connectivity index is 1.50. The molecule has 2 aromatic carbocycles. The van der Waals surface area contributed by atoms with E-state index in [2.05, 4.69) is 59.0 Å². The molecule has 0 saturated heterocycles. The van der Waals surface area contributed by atoms with Gasteiger partial charge in [0.25, 0.3) is 23.6 Å². The fourth-order valence-electron chi connectivity index (χ4n) is 6.79. The van der Waals surface area contributed by atoms with Crippen molar-refractivity contribution in [1.29, 1.82) is 0 Å². The van der Waals surface area contributed by atoms with Gasteiger partial charge in [-0.05, 0) is 70.2 Å². The van der Waals surface area contributed by atoms with Crippen LogP contribution >= 0.6 is 67.9 Å². The summed E-state index contributed by atoms with van der Waals surface area (Å²) in [6.07, 6.45) is 12.7. The molecular weight excluding hydrogens is 818 g/mol. The molecule has 0 aliphatic carbocycles. The highest BCUT2D eigenvalue weighted by molar-refractivity contribution is 14.1. The average Bonchev–Trinajstić information content (AvgIpc) is 3.57. The predicted octanol–water partition coefficient (Wildman–Crippen LogP) is 10.4. The van der Waals surface area contributed by atoms with Crippen molar-refractivity contribution in [2.75, 3.05) is 13.1 Å². The molecule has 44 heavy (non-hydrogen) atoms. The number of carbonyl (C=O) groups excluding carboxylic acids is 4. The summed E-state index contributed by atoms with van der Waals surface area (Å²) in [6.45, 7) is 5.10. The number of imide groups is 2. The number of hydrogen-bond acceptors (Lipinski definition) is 6. The lowest BCUT2D eigenvalue weighted by Crippen LogP contribution is -2.44. The second kappa shape index (κ2) is 13.6. The Hall–Kier alpha value is -1.64. The van der Waals surface area contributed by atoms with Gasteiger partial charge in [-0.2, -0.15) is 0 Å². The number of thiophene rings is 2. The van der Waals surface area contributed by atoms with E-state index in [0.29, 0.717) is 56.9 Å². The second-order valence-corrected chi connectivity index (χ2v) is 17.8. The maximum absolute atomic E-state index is 14.3. The molecule has 4 heterocycles. The Morgan fingerprint density at radius 2 is 0.864 bits per heavy atom. The van der Waals surface area contributed by atoms with Crippen LogP contribution in [0.25, 0.3) is 30.9 Å². The molecule has 0 unspecified atom stereocenters. The summed E-state index contributed by atoms with van der Waals surface area (Å²) in [5.74, 6) is -1.24. The van der Waals surface area contributed by atoms with Gasteiger partial charge >= 0.3 is 0 Å². The highest BCUT2D eigenvalue weighted by atomic mass is 127. The summed E-state index contributed by atoms with van der Waals surface area (Å²) in [5.41, 5.74) is 1.88. The van der Waals surface area contributed by atoms with Crippen LogP contribution in [0.5, 0.6) is 0 Å². The molecule has 2 aliphatic rings. The first-order chi connectivity index (χ1) is 21.3.